The zero-order chi connectivity index (χ0) is 13.5. The molecule has 2 aromatic rings. The highest BCUT2D eigenvalue weighted by Gasteiger charge is 2.03. The van der Waals surface area contributed by atoms with E-state index < -0.39 is 0 Å². The Kier molecular flexibility index (Phi) is 4.72. The fourth-order valence-electron chi connectivity index (χ4n) is 1.81. The van der Waals surface area contributed by atoms with E-state index in [-0.39, 0.29) is 5.82 Å². The molecule has 1 N–H and O–H groups in total. The molecule has 2 rings (SSSR count). The second-order valence-electron chi connectivity index (χ2n) is 4.09. The Morgan fingerprint density at radius 1 is 1.26 bits per heavy atom. The molecular formula is C15H17FN2O. The van der Waals surface area contributed by atoms with Crippen LogP contribution in [0.15, 0.2) is 42.6 Å². The molecule has 1 aromatic carbocycles. The minimum atomic E-state index is -0.203. The summed E-state index contributed by atoms with van der Waals surface area (Å²) in [5, 5.41) is 3.21. The van der Waals surface area contributed by atoms with Crippen molar-refractivity contribution in [2.45, 2.75) is 13.3 Å². The lowest BCUT2D eigenvalue weighted by molar-refractivity contribution is 0.340. The van der Waals surface area contributed by atoms with Gasteiger partial charge >= 0.3 is 0 Å². The molecule has 1 heterocycles. The Bertz CT molecular complexity index is 531. The van der Waals surface area contributed by atoms with E-state index in [2.05, 4.69) is 10.3 Å². The fourth-order valence-corrected chi connectivity index (χ4v) is 1.81. The maximum atomic E-state index is 13.0. The Labute approximate surface area is 112 Å². The summed E-state index contributed by atoms with van der Waals surface area (Å²) in [6.07, 6.45) is 2.45. The van der Waals surface area contributed by atoms with E-state index in [1.807, 2.05) is 25.1 Å². The van der Waals surface area contributed by atoms with Gasteiger partial charge in [0.05, 0.1) is 6.61 Å². The first-order valence-electron chi connectivity index (χ1n) is 6.35. The maximum Gasteiger partial charge on any atom is 0.168 e. The maximum absolute atomic E-state index is 13.0. The van der Waals surface area contributed by atoms with Gasteiger partial charge in [0.2, 0.25) is 0 Å². The SMILES string of the molecule is CCOc1cccnc1NCCc1cccc(F)c1. The molecule has 0 amide bonds. The summed E-state index contributed by atoms with van der Waals surface area (Å²) in [6.45, 7) is 3.22. The fraction of sp³-hybridized carbons (Fsp3) is 0.267. The number of anilines is 1. The van der Waals surface area contributed by atoms with E-state index in [0.29, 0.717) is 13.2 Å². The highest BCUT2D eigenvalue weighted by molar-refractivity contribution is 5.49. The van der Waals surface area contributed by atoms with Crippen LogP contribution in [0, 0.1) is 5.82 Å². The van der Waals surface area contributed by atoms with Crippen molar-refractivity contribution in [3.63, 3.8) is 0 Å². The molecular weight excluding hydrogens is 243 g/mol. The number of rotatable bonds is 6. The van der Waals surface area contributed by atoms with Crippen LogP contribution >= 0.6 is 0 Å². The van der Waals surface area contributed by atoms with E-state index in [1.165, 1.54) is 6.07 Å². The van der Waals surface area contributed by atoms with Gasteiger partial charge in [-0.3, -0.25) is 0 Å². The van der Waals surface area contributed by atoms with Crippen molar-refractivity contribution in [3.05, 3.63) is 54.0 Å². The second-order valence-corrected chi connectivity index (χ2v) is 4.09. The van der Waals surface area contributed by atoms with Gasteiger partial charge in [-0.2, -0.15) is 0 Å². The Balaban J connectivity index is 1.92. The smallest absolute Gasteiger partial charge is 0.168 e. The summed E-state index contributed by atoms with van der Waals surface area (Å²) < 4.78 is 18.5. The van der Waals surface area contributed by atoms with Crippen molar-refractivity contribution in [3.8, 4) is 5.75 Å². The monoisotopic (exact) mass is 260 g/mol. The molecule has 0 saturated heterocycles. The lowest BCUT2D eigenvalue weighted by Gasteiger charge is -2.10. The van der Waals surface area contributed by atoms with Crippen LogP contribution in [0.4, 0.5) is 10.2 Å². The van der Waals surface area contributed by atoms with Crippen molar-refractivity contribution in [2.75, 3.05) is 18.5 Å². The van der Waals surface area contributed by atoms with Crippen LogP contribution < -0.4 is 10.1 Å². The molecule has 0 aliphatic rings. The van der Waals surface area contributed by atoms with Crippen LogP contribution in [0.3, 0.4) is 0 Å². The van der Waals surface area contributed by atoms with Crippen molar-refractivity contribution >= 4 is 5.82 Å². The molecule has 0 unspecified atom stereocenters. The summed E-state index contributed by atoms with van der Waals surface area (Å²) in [6, 6.07) is 10.3. The van der Waals surface area contributed by atoms with Gasteiger partial charge in [0.25, 0.3) is 0 Å². The number of pyridine rings is 1. The summed E-state index contributed by atoms with van der Waals surface area (Å²) >= 11 is 0. The van der Waals surface area contributed by atoms with Crippen LogP contribution in [-0.2, 0) is 6.42 Å². The molecule has 4 heteroatoms. The number of nitrogens with one attached hydrogen (secondary N) is 1. The van der Waals surface area contributed by atoms with E-state index in [9.17, 15) is 4.39 Å². The molecule has 0 radical (unpaired) electrons. The minimum absolute atomic E-state index is 0.203. The Morgan fingerprint density at radius 3 is 2.95 bits per heavy atom. The summed E-state index contributed by atoms with van der Waals surface area (Å²) in [4.78, 5) is 4.24. The topological polar surface area (TPSA) is 34.1 Å². The van der Waals surface area contributed by atoms with Gasteiger partial charge in [-0.15, -0.1) is 0 Å². The zero-order valence-electron chi connectivity index (χ0n) is 10.9. The third-order valence-electron chi connectivity index (χ3n) is 2.67. The molecule has 0 bridgehead atoms. The summed E-state index contributed by atoms with van der Waals surface area (Å²) in [7, 11) is 0. The first-order valence-corrected chi connectivity index (χ1v) is 6.35. The summed E-state index contributed by atoms with van der Waals surface area (Å²) in [5.41, 5.74) is 0.960. The van der Waals surface area contributed by atoms with E-state index in [1.54, 1.807) is 18.3 Å². The van der Waals surface area contributed by atoms with Crippen LogP contribution in [0.2, 0.25) is 0 Å². The van der Waals surface area contributed by atoms with Gasteiger partial charge in [-0.25, -0.2) is 9.37 Å². The lowest BCUT2D eigenvalue weighted by atomic mass is 10.1. The quantitative estimate of drug-likeness (QED) is 0.865. The molecule has 0 saturated carbocycles. The van der Waals surface area contributed by atoms with Crippen LogP contribution in [0.25, 0.3) is 0 Å². The van der Waals surface area contributed by atoms with Gasteiger partial charge in [0.1, 0.15) is 5.82 Å². The number of ether oxygens (including phenoxy) is 1. The van der Waals surface area contributed by atoms with Crippen molar-refractivity contribution in [2.24, 2.45) is 0 Å². The molecule has 100 valence electrons. The molecule has 0 aliphatic heterocycles. The minimum Gasteiger partial charge on any atom is -0.490 e. The standard InChI is InChI=1S/C15H17FN2O/c1-2-19-14-7-4-9-17-15(14)18-10-8-12-5-3-6-13(16)11-12/h3-7,9,11H,2,8,10H2,1H3,(H,17,18). The highest BCUT2D eigenvalue weighted by Crippen LogP contribution is 2.20. The molecule has 19 heavy (non-hydrogen) atoms. The third-order valence-corrected chi connectivity index (χ3v) is 2.67. The largest absolute Gasteiger partial charge is 0.490 e. The molecule has 0 atom stereocenters. The van der Waals surface area contributed by atoms with Crippen LogP contribution in [0.5, 0.6) is 5.75 Å². The van der Waals surface area contributed by atoms with Crippen LogP contribution in [-0.4, -0.2) is 18.1 Å². The Hall–Kier alpha value is -2.10. The van der Waals surface area contributed by atoms with Gasteiger partial charge < -0.3 is 10.1 Å². The summed E-state index contributed by atoms with van der Waals surface area (Å²) in [5.74, 6) is 1.26. The number of halogens is 1. The van der Waals surface area contributed by atoms with Gasteiger partial charge in [0.15, 0.2) is 11.6 Å². The number of hydrogen-bond donors (Lipinski definition) is 1. The highest BCUT2D eigenvalue weighted by atomic mass is 19.1. The van der Waals surface area contributed by atoms with Gasteiger partial charge in [-0.1, -0.05) is 12.1 Å². The number of benzene rings is 1. The lowest BCUT2D eigenvalue weighted by Crippen LogP contribution is -2.08. The number of aromatic nitrogens is 1. The van der Waals surface area contributed by atoms with E-state index >= 15 is 0 Å². The molecule has 1 aromatic heterocycles. The third kappa shape index (κ3) is 3.95. The number of hydrogen-bond acceptors (Lipinski definition) is 3. The van der Waals surface area contributed by atoms with Crippen molar-refractivity contribution < 1.29 is 9.13 Å². The van der Waals surface area contributed by atoms with Crippen molar-refractivity contribution in [1.82, 2.24) is 4.98 Å². The average Bonchev–Trinajstić information content (AvgIpc) is 2.41. The first-order chi connectivity index (χ1) is 9.29. The van der Waals surface area contributed by atoms with Crippen LogP contribution in [0.1, 0.15) is 12.5 Å². The Morgan fingerprint density at radius 2 is 2.16 bits per heavy atom. The van der Waals surface area contributed by atoms with Gasteiger partial charge in [0, 0.05) is 12.7 Å². The number of nitrogens with zero attached hydrogens (tertiary/aromatic N) is 1. The predicted molar refractivity (Wildman–Crippen MR) is 74.0 cm³/mol. The predicted octanol–water partition coefficient (Wildman–Crippen LogP) is 3.27. The first kappa shape index (κ1) is 13.3. The molecule has 0 spiro atoms. The zero-order valence-corrected chi connectivity index (χ0v) is 10.9. The normalized spacial score (nSPS) is 10.2. The average molecular weight is 260 g/mol. The molecule has 0 fully saturated rings. The van der Waals surface area contributed by atoms with Gasteiger partial charge in [-0.05, 0) is 43.2 Å². The molecule has 0 aliphatic carbocycles. The molecule has 3 nitrogen and oxygen atoms in total. The second kappa shape index (κ2) is 6.73. The van der Waals surface area contributed by atoms with Crippen molar-refractivity contribution in [1.29, 1.82) is 0 Å². The van der Waals surface area contributed by atoms with E-state index in [0.717, 1.165) is 23.6 Å². The van der Waals surface area contributed by atoms with E-state index in [4.69, 9.17) is 4.74 Å².